The van der Waals surface area contributed by atoms with Crippen LogP contribution in [0.1, 0.15) is 43.7 Å². The first-order chi connectivity index (χ1) is 22.1. The summed E-state index contributed by atoms with van der Waals surface area (Å²) in [4.78, 5) is 54.7. The van der Waals surface area contributed by atoms with Crippen molar-refractivity contribution >= 4 is 23.5 Å². The second-order valence-corrected chi connectivity index (χ2v) is 11.2. The zero-order valence-electron chi connectivity index (χ0n) is 26.4. The summed E-state index contributed by atoms with van der Waals surface area (Å²) in [5.74, 6) is -1.70. The highest BCUT2D eigenvalue weighted by molar-refractivity contribution is 6.07. The number of aromatic nitrogens is 1. The largest absolute Gasteiger partial charge is 0.491 e. The molecule has 1 aliphatic heterocycles. The quantitative estimate of drug-likeness (QED) is 0.148. The number of carbonyl (C=O) groups is 3. The van der Waals surface area contributed by atoms with Gasteiger partial charge >= 0.3 is 5.97 Å². The number of amides is 2. The van der Waals surface area contributed by atoms with Crippen LogP contribution in [0, 0.1) is 5.92 Å². The number of anilines is 1. The maximum Gasteiger partial charge on any atom is 0.305 e. The third-order valence-corrected chi connectivity index (χ3v) is 8.22. The number of hydrogen-bond donors (Lipinski definition) is 2. The monoisotopic (exact) mass is 631 g/mol. The summed E-state index contributed by atoms with van der Waals surface area (Å²) in [5.41, 5.74) is -0.197. The first kappa shape index (κ1) is 34.1. The molecule has 0 bridgehead atoms. The molecule has 0 spiro atoms. The van der Waals surface area contributed by atoms with E-state index in [0.717, 1.165) is 5.56 Å². The van der Waals surface area contributed by atoms with Gasteiger partial charge in [-0.1, -0.05) is 49.4 Å². The molecule has 11 heteroatoms. The molecular weight excluding hydrogens is 590 g/mol. The highest BCUT2D eigenvalue weighted by atomic mass is 16.5. The molecule has 46 heavy (non-hydrogen) atoms. The number of hydrogen-bond acceptors (Lipinski definition) is 8. The van der Waals surface area contributed by atoms with Gasteiger partial charge in [0.25, 0.3) is 11.5 Å². The van der Waals surface area contributed by atoms with E-state index < -0.39 is 23.0 Å². The Balaban J connectivity index is 1.61. The summed E-state index contributed by atoms with van der Waals surface area (Å²) in [5, 5.41) is 21.7. The van der Waals surface area contributed by atoms with Crippen molar-refractivity contribution in [1.82, 2.24) is 9.47 Å². The van der Waals surface area contributed by atoms with Crippen molar-refractivity contribution in [2.45, 2.75) is 44.8 Å². The van der Waals surface area contributed by atoms with Crippen LogP contribution in [0.15, 0.2) is 83.8 Å². The molecule has 1 aliphatic rings. The predicted octanol–water partition coefficient (Wildman–Crippen LogP) is 3.33. The van der Waals surface area contributed by atoms with Crippen LogP contribution in [-0.4, -0.2) is 71.4 Å². The molecule has 11 nitrogen and oxygen atoms in total. The summed E-state index contributed by atoms with van der Waals surface area (Å²) in [6.07, 6.45) is 6.05. The third kappa shape index (κ3) is 7.38. The van der Waals surface area contributed by atoms with Gasteiger partial charge in [-0.3, -0.25) is 23.7 Å². The van der Waals surface area contributed by atoms with E-state index in [1.807, 2.05) is 30.3 Å². The van der Waals surface area contributed by atoms with Gasteiger partial charge in [0.05, 0.1) is 26.5 Å². The average molecular weight is 632 g/mol. The highest BCUT2D eigenvalue weighted by Gasteiger charge is 2.52. The lowest BCUT2D eigenvalue weighted by molar-refractivity contribution is -0.140. The molecule has 0 saturated carbocycles. The van der Waals surface area contributed by atoms with Crippen molar-refractivity contribution < 1.29 is 34.1 Å². The number of fused-ring (bicyclic) bond motifs is 1. The van der Waals surface area contributed by atoms with Crippen molar-refractivity contribution in [1.29, 1.82) is 0 Å². The zero-order valence-corrected chi connectivity index (χ0v) is 26.4. The molecule has 3 aromatic rings. The molecule has 1 aromatic heterocycles. The lowest BCUT2D eigenvalue weighted by atomic mass is 9.82. The van der Waals surface area contributed by atoms with Crippen LogP contribution in [0.3, 0.4) is 0 Å². The van der Waals surface area contributed by atoms with E-state index in [-0.39, 0.29) is 50.2 Å². The second-order valence-electron chi connectivity index (χ2n) is 11.2. The number of methoxy groups -OCH3 is 2. The molecule has 0 unspecified atom stereocenters. The van der Waals surface area contributed by atoms with Gasteiger partial charge in [-0.15, -0.1) is 0 Å². The fourth-order valence-corrected chi connectivity index (χ4v) is 5.64. The average Bonchev–Trinajstić information content (AvgIpc) is 3.28. The van der Waals surface area contributed by atoms with Crippen molar-refractivity contribution in [3.63, 3.8) is 0 Å². The smallest absolute Gasteiger partial charge is 0.305 e. The Hall–Kier alpha value is -4.74. The number of unbranched alkanes of at least 4 members (excludes halogenated alkanes) is 1. The van der Waals surface area contributed by atoms with Gasteiger partial charge in [-0.25, -0.2) is 0 Å². The number of carbonyl (C=O) groups excluding carboxylic acids is 3. The van der Waals surface area contributed by atoms with Gasteiger partial charge < -0.3 is 29.5 Å². The van der Waals surface area contributed by atoms with Gasteiger partial charge in [-0.2, -0.15) is 0 Å². The Bertz CT molecular complexity index is 1620. The lowest BCUT2D eigenvalue weighted by Gasteiger charge is -2.28. The molecule has 0 aliphatic carbocycles. The molecule has 2 heterocycles. The Morgan fingerprint density at radius 3 is 2.50 bits per heavy atom. The van der Waals surface area contributed by atoms with Crippen LogP contribution < -0.4 is 15.2 Å². The summed E-state index contributed by atoms with van der Waals surface area (Å²) in [6.45, 7) is 2.29. The molecule has 0 fully saturated rings. The maximum atomic E-state index is 14.0. The molecule has 2 amide bonds. The first-order valence-corrected chi connectivity index (χ1v) is 15.3. The Labute approximate surface area is 268 Å². The van der Waals surface area contributed by atoms with Crippen molar-refractivity contribution in [2.24, 2.45) is 5.92 Å². The maximum absolute atomic E-state index is 14.0. The predicted molar refractivity (Wildman–Crippen MR) is 173 cm³/mol. The Morgan fingerprint density at radius 2 is 1.80 bits per heavy atom. The minimum atomic E-state index is -2.00. The van der Waals surface area contributed by atoms with E-state index in [9.17, 15) is 29.4 Å². The van der Waals surface area contributed by atoms with Crippen LogP contribution >= 0.6 is 0 Å². The van der Waals surface area contributed by atoms with Gasteiger partial charge in [0, 0.05) is 55.8 Å². The van der Waals surface area contributed by atoms with E-state index in [2.05, 4.69) is 0 Å². The standard InChI is InChI=1S/C35H41N3O8/c1-25(11-9-15-31(40)36(21-22-39)24-26-12-5-4-6-13-26)35(44)28-23-27(37-20-10-14-30(45-2)33(37)42)17-18-29(28)38(34(35)43)19-8-7-16-32(41)46-3/h4-6,9-14,17-18,20,23,25,39,44H,7-8,15-16,19,21-22,24H2,1-3H3/b11-9+/t25-,35+/m0/s1. The van der Waals surface area contributed by atoms with Crippen LogP contribution in [-0.2, 0) is 31.3 Å². The highest BCUT2D eigenvalue weighted by Crippen LogP contribution is 2.46. The summed E-state index contributed by atoms with van der Waals surface area (Å²) in [7, 11) is 2.73. The summed E-state index contributed by atoms with van der Waals surface area (Å²) in [6, 6.07) is 17.7. The van der Waals surface area contributed by atoms with Crippen LogP contribution in [0.5, 0.6) is 5.75 Å². The fourth-order valence-electron chi connectivity index (χ4n) is 5.64. The number of ether oxygens (including phenoxy) is 2. The number of aliphatic hydroxyl groups excluding tert-OH is 1. The number of esters is 1. The van der Waals surface area contributed by atoms with Crippen LogP contribution in [0.4, 0.5) is 5.69 Å². The topological polar surface area (TPSA) is 139 Å². The lowest BCUT2D eigenvalue weighted by Crippen LogP contribution is -2.44. The van der Waals surface area contributed by atoms with Crippen LogP contribution in [0.25, 0.3) is 5.69 Å². The molecule has 2 atom stereocenters. The van der Waals surface area contributed by atoms with E-state index in [1.54, 1.807) is 60.5 Å². The van der Waals surface area contributed by atoms with Crippen molar-refractivity contribution in [3.8, 4) is 11.4 Å². The minimum absolute atomic E-state index is 0.00475. The Kier molecular flexibility index (Phi) is 11.5. The van der Waals surface area contributed by atoms with Gasteiger partial charge in [0.2, 0.25) is 5.91 Å². The Morgan fingerprint density at radius 1 is 1.04 bits per heavy atom. The number of nitrogens with zero attached hydrogens (tertiary/aromatic N) is 3. The normalized spacial score (nSPS) is 16.4. The summed E-state index contributed by atoms with van der Waals surface area (Å²) >= 11 is 0. The number of rotatable bonds is 15. The number of pyridine rings is 1. The van der Waals surface area contributed by atoms with E-state index in [1.165, 1.54) is 23.7 Å². The van der Waals surface area contributed by atoms with E-state index in [4.69, 9.17) is 9.47 Å². The SMILES string of the molecule is COC(=O)CCCCN1C(=O)[C@@](O)([C@@H](C)/C=C/CC(=O)N(CCO)Cc2ccccc2)c2cc(-n3cccc(OC)c3=O)ccc21. The molecule has 0 saturated heterocycles. The molecule has 2 N–H and O–H groups in total. The second kappa shape index (κ2) is 15.5. The van der Waals surface area contributed by atoms with Gasteiger partial charge in [0.1, 0.15) is 0 Å². The van der Waals surface area contributed by atoms with Gasteiger partial charge in [0.15, 0.2) is 11.4 Å². The van der Waals surface area contributed by atoms with Crippen LogP contribution in [0.2, 0.25) is 0 Å². The van der Waals surface area contributed by atoms with Crippen molar-refractivity contribution in [2.75, 3.05) is 38.8 Å². The number of aliphatic hydroxyl groups is 2. The van der Waals surface area contributed by atoms with Gasteiger partial charge in [-0.05, 0) is 48.7 Å². The van der Waals surface area contributed by atoms with E-state index >= 15 is 0 Å². The summed E-state index contributed by atoms with van der Waals surface area (Å²) < 4.78 is 11.3. The third-order valence-electron chi connectivity index (χ3n) is 8.22. The molecule has 0 radical (unpaired) electrons. The molecule has 4 rings (SSSR count). The number of benzene rings is 2. The minimum Gasteiger partial charge on any atom is -0.491 e. The molecule has 2 aromatic carbocycles. The molecular formula is C35H41N3O8. The van der Waals surface area contributed by atoms with Crippen molar-refractivity contribution in [3.05, 3.63) is 100 Å². The zero-order chi connectivity index (χ0) is 33.3. The first-order valence-electron chi connectivity index (χ1n) is 15.3. The fraction of sp³-hybridized carbons (Fsp3) is 0.371. The molecule has 244 valence electrons. The van der Waals surface area contributed by atoms with E-state index in [0.29, 0.717) is 36.3 Å².